The molecule has 0 unspecified atom stereocenters. The molecule has 9 heteroatoms. The normalized spacial score (nSPS) is 20.1. The lowest BCUT2D eigenvalue weighted by Gasteiger charge is -2.41. The second kappa shape index (κ2) is 10.5. The van der Waals surface area contributed by atoms with Gasteiger partial charge in [-0.25, -0.2) is 4.98 Å². The summed E-state index contributed by atoms with van der Waals surface area (Å²) in [5, 5.41) is 2.13. The van der Waals surface area contributed by atoms with E-state index >= 15 is 0 Å². The van der Waals surface area contributed by atoms with Crippen LogP contribution in [0.2, 0.25) is 0 Å². The molecule has 8 nitrogen and oxygen atoms in total. The van der Waals surface area contributed by atoms with Gasteiger partial charge in [0.25, 0.3) is 11.8 Å². The SMILES string of the molecule is CN1CCOCCCCC2(CCN(C(=O)c3csc(N)n3)CC2)COc2ccccc2C1=O. The van der Waals surface area contributed by atoms with Gasteiger partial charge in [0.2, 0.25) is 0 Å². The van der Waals surface area contributed by atoms with Crippen molar-refractivity contribution in [2.45, 2.75) is 32.1 Å². The maximum Gasteiger partial charge on any atom is 0.273 e. The fourth-order valence-corrected chi connectivity index (χ4v) is 5.05. The highest BCUT2D eigenvalue weighted by Gasteiger charge is 2.37. The zero-order valence-corrected chi connectivity index (χ0v) is 19.9. The Kier molecular flexibility index (Phi) is 7.49. The van der Waals surface area contributed by atoms with Gasteiger partial charge in [-0.3, -0.25) is 9.59 Å². The number of amides is 2. The molecule has 0 atom stereocenters. The lowest BCUT2D eigenvalue weighted by Crippen LogP contribution is -2.45. The van der Waals surface area contributed by atoms with Crippen molar-refractivity contribution in [2.75, 3.05) is 52.2 Å². The van der Waals surface area contributed by atoms with E-state index in [-0.39, 0.29) is 17.2 Å². The minimum absolute atomic E-state index is 0.0515. The van der Waals surface area contributed by atoms with Gasteiger partial charge in [0.1, 0.15) is 11.4 Å². The maximum atomic E-state index is 13.0. The standard InChI is InChI=1S/C24H32N4O4S/c1-27-13-15-31-14-5-4-8-24(17-32-20-7-3-2-6-18(20)21(27)29)9-11-28(12-10-24)22(30)19-16-33-23(25)26-19/h2-3,6-7,16H,4-5,8-15,17H2,1H3,(H2,25,26). The Balaban J connectivity index is 1.49. The topological polar surface area (TPSA) is 98.0 Å². The number of carbonyl (C=O) groups excluding carboxylic acids is 2. The van der Waals surface area contributed by atoms with Gasteiger partial charge in [0.05, 0.1) is 18.8 Å². The number of likely N-dealkylation sites (tertiary alicyclic amines) is 1. The fraction of sp³-hybridized carbons (Fsp3) is 0.542. The first-order chi connectivity index (χ1) is 16.0. The Bertz CT molecular complexity index is 971. The molecule has 2 aliphatic rings. The van der Waals surface area contributed by atoms with Crippen LogP contribution in [-0.2, 0) is 4.74 Å². The molecule has 1 spiro atoms. The number of rotatable bonds is 1. The third kappa shape index (κ3) is 5.65. The molecule has 2 N–H and O–H groups in total. The highest BCUT2D eigenvalue weighted by Crippen LogP contribution is 2.38. The Hall–Kier alpha value is -2.65. The highest BCUT2D eigenvalue weighted by atomic mass is 32.1. The first-order valence-corrected chi connectivity index (χ1v) is 12.4. The van der Waals surface area contributed by atoms with Gasteiger partial charge < -0.3 is 25.0 Å². The summed E-state index contributed by atoms with van der Waals surface area (Å²) in [6.45, 7) is 3.58. The molecule has 3 heterocycles. The molecule has 4 rings (SSSR count). The number of para-hydroxylation sites is 1. The van der Waals surface area contributed by atoms with E-state index < -0.39 is 0 Å². The van der Waals surface area contributed by atoms with Crippen molar-refractivity contribution in [2.24, 2.45) is 5.41 Å². The number of likely N-dealkylation sites (N-methyl/N-ethyl adjacent to an activating group) is 1. The van der Waals surface area contributed by atoms with Crippen molar-refractivity contribution in [1.29, 1.82) is 0 Å². The van der Waals surface area contributed by atoms with Crippen LogP contribution in [0.15, 0.2) is 29.6 Å². The van der Waals surface area contributed by atoms with Crippen molar-refractivity contribution < 1.29 is 19.1 Å². The molecule has 0 bridgehead atoms. The molecule has 1 saturated heterocycles. The number of piperidine rings is 1. The van der Waals surface area contributed by atoms with E-state index in [2.05, 4.69) is 4.98 Å². The number of nitrogens with zero attached hydrogens (tertiary/aromatic N) is 3. The summed E-state index contributed by atoms with van der Waals surface area (Å²) in [4.78, 5) is 33.5. The van der Waals surface area contributed by atoms with Crippen LogP contribution in [0.5, 0.6) is 5.75 Å². The van der Waals surface area contributed by atoms with E-state index in [1.807, 2.05) is 29.2 Å². The van der Waals surface area contributed by atoms with Gasteiger partial charge >= 0.3 is 0 Å². The zero-order valence-electron chi connectivity index (χ0n) is 19.1. The van der Waals surface area contributed by atoms with E-state index in [9.17, 15) is 9.59 Å². The average molecular weight is 473 g/mol. The van der Waals surface area contributed by atoms with E-state index in [0.29, 0.717) is 61.6 Å². The number of carbonyl (C=O) groups is 2. The van der Waals surface area contributed by atoms with Crippen molar-refractivity contribution in [3.63, 3.8) is 0 Å². The van der Waals surface area contributed by atoms with Crippen LogP contribution < -0.4 is 10.5 Å². The summed E-state index contributed by atoms with van der Waals surface area (Å²) in [5.41, 5.74) is 6.64. The predicted octanol–water partition coefficient (Wildman–Crippen LogP) is 3.30. The molecule has 0 aliphatic carbocycles. The molecule has 2 aromatic rings. The monoisotopic (exact) mass is 472 g/mol. The Morgan fingerprint density at radius 2 is 1.91 bits per heavy atom. The first kappa shape index (κ1) is 23.5. The van der Waals surface area contributed by atoms with Crippen molar-refractivity contribution in [1.82, 2.24) is 14.8 Å². The zero-order chi connectivity index (χ0) is 23.3. The molecule has 0 radical (unpaired) electrons. The van der Waals surface area contributed by atoms with Crippen molar-refractivity contribution in [3.05, 3.63) is 40.9 Å². The number of thiazole rings is 1. The summed E-state index contributed by atoms with van der Waals surface area (Å²) in [6, 6.07) is 7.43. The van der Waals surface area contributed by atoms with Crippen molar-refractivity contribution in [3.8, 4) is 5.75 Å². The number of anilines is 1. The molecular formula is C24H32N4O4S. The largest absolute Gasteiger partial charge is 0.492 e. The second-order valence-electron chi connectivity index (χ2n) is 8.94. The molecule has 2 aliphatic heterocycles. The summed E-state index contributed by atoms with van der Waals surface area (Å²) in [7, 11) is 1.79. The van der Waals surface area contributed by atoms with Gasteiger partial charge in [0, 0.05) is 44.1 Å². The number of nitrogens with two attached hydrogens (primary N) is 1. The van der Waals surface area contributed by atoms with E-state index in [4.69, 9.17) is 15.2 Å². The Labute approximate surface area is 198 Å². The summed E-state index contributed by atoms with van der Waals surface area (Å²) in [6.07, 6.45) is 4.69. The minimum Gasteiger partial charge on any atom is -0.492 e. The molecular weight excluding hydrogens is 440 g/mol. The van der Waals surface area contributed by atoms with Crippen LogP contribution in [0.1, 0.15) is 53.0 Å². The van der Waals surface area contributed by atoms with Crippen LogP contribution in [-0.4, -0.2) is 73.1 Å². The number of hydrogen-bond donors (Lipinski definition) is 1. The predicted molar refractivity (Wildman–Crippen MR) is 128 cm³/mol. The molecule has 0 saturated carbocycles. The molecule has 1 fully saturated rings. The summed E-state index contributed by atoms with van der Waals surface area (Å²) >= 11 is 1.28. The lowest BCUT2D eigenvalue weighted by atomic mass is 9.75. The van der Waals surface area contributed by atoms with Crippen LogP contribution >= 0.6 is 11.3 Å². The average Bonchev–Trinajstić information content (AvgIpc) is 3.27. The van der Waals surface area contributed by atoms with E-state index in [0.717, 1.165) is 32.1 Å². The Morgan fingerprint density at radius 3 is 2.67 bits per heavy atom. The van der Waals surface area contributed by atoms with Crippen molar-refractivity contribution >= 4 is 28.3 Å². The molecule has 1 aromatic carbocycles. The quantitative estimate of drug-likeness (QED) is 0.684. The van der Waals surface area contributed by atoms with E-state index in [1.54, 1.807) is 17.3 Å². The van der Waals surface area contributed by atoms with Crippen LogP contribution in [0.3, 0.4) is 0 Å². The van der Waals surface area contributed by atoms with Crippen LogP contribution in [0, 0.1) is 5.41 Å². The van der Waals surface area contributed by atoms with Gasteiger partial charge in [-0.05, 0) is 37.8 Å². The smallest absolute Gasteiger partial charge is 0.273 e. The number of aromatic nitrogens is 1. The number of benzene rings is 1. The van der Waals surface area contributed by atoms with Gasteiger partial charge in [-0.1, -0.05) is 18.6 Å². The summed E-state index contributed by atoms with van der Waals surface area (Å²) in [5.74, 6) is 0.485. The second-order valence-corrected chi connectivity index (χ2v) is 9.83. The summed E-state index contributed by atoms with van der Waals surface area (Å²) < 4.78 is 12.1. The van der Waals surface area contributed by atoms with Crippen LogP contribution in [0.25, 0.3) is 0 Å². The number of nitrogen functional groups attached to an aromatic ring is 1. The van der Waals surface area contributed by atoms with E-state index in [1.165, 1.54) is 11.3 Å². The number of fused-ring (bicyclic) bond motifs is 1. The Morgan fingerprint density at radius 1 is 1.12 bits per heavy atom. The van der Waals surface area contributed by atoms with Gasteiger partial charge in [-0.15, -0.1) is 11.3 Å². The molecule has 1 aromatic heterocycles. The molecule has 2 amide bonds. The molecule has 33 heavy (non-hydrogen) atoms. The highest BCUT2D eigenvalue weighted by molar-refractivity contribution is 7.13. The lowest BCUT2D eigenvalue weighted by molar-refractivity contribution is 0.0326. The van der Waals surface area contributed by atoms with Gasteiger partial charge in [-0.2, -0.15) is 0 Å². The first-order valence-electron chi connectivity index (χ1n) is 11.5. The van der Waals surface area contributed by atoms with Gasteiger partial charge in [0.15, 0.2) is 5.13 Å². The maximum absolute atomic E-state index is 13.0. The molecule has 178 valence electrons. The van der Waals surface area contributed by atoms with Crippen LogP contribution in [0.4, 0.5) is 5.13 Å². The third-order valence-corrected chi connectivity index (χ3v) is 7.34. The number of hydrogen-bond acceptors (Lipinski definition) is 7. The third-order valence-electron chi connectivity index (χ3n) is 6.67. The number of ether oxygens (including phenoxy) is 2. The fourth-order valence-electron chi connectivity index (χ4n) is 4.51. The minimum atomic E-state index is -0.0664.